The Balaban J connectivity index is 1.38. The van der Waals surface area contributed by atoms with E-state index in [9.17, 15) is 31.5 Å². The van der Waals surface area contributed by atoms with Crippen molar-refractivity contribution in [2.75, 3.05) is 0 Å². The predicted octanol–water partition coefficient (Wildman–Crippen LogP) is 5.51. The van der Waals surface area contributed by atoms with E-state index in [2.05, 4.69) is 5.32 Å². The molecule has 1 saturated heterocycles. The SMILES string of the molecule is O=C(NC(c1cc(F)c(Cl)cc1F)C1CC1)[C@H]1C[C@H]2C[C@H]2N1C(=O)c1cccc(C(F)(F)F)c1. The van der Waals surface area contributed by atoms with Gasteiger partial charge in [-0.05, 0) is 67.9 Å². The van der Waals surface area contributed by atoms with Crippen LogP contribution < -0.4 is 5.32 Å². The Kier molecular flexibility index (Phi) is 5.58. The normalized spacial score (nSPS) is 24.5. The smallest absolute Gasteiger partial charge is 0.347 e. The average Bonchev–Trinajstić information content (AvgIpc) is 3.72. The number of carbonyl (C=O) groups is 2. The summed E-state index contributed by atoms with van der Waals surface area (Å²) >= 11 is 5.65. The highest BCUT2D eigenvalue weighted by Crippen LogP contribution is 2.49. The lowest BCUT2D eigenvalue weighted by molar-refractivity contribution is -0.137. The first-order valence-electron chi connectivity index (χ1n) is 11.0. The molecule has 3 aliphatic rings. The Bertz CT molecular complexity index is 1170. The number of benzene rings is 2. The number of fused-ring (bicyclic) bond motifs is 1. The summed E-state index contributed by atoms with van der Waals surface area (Å²) in [6, 6.07) is 4.04. The second-order valence-corrected chi connectivity index (χ2v) is 9.62. The monoisotopic (exact) mass is 498 g/mol. The van der Waals surface area contributed by atoms with Crippen LogP contribution in [-0.4, -0.2) is 28.8 Å². The lowest BCUT2D eigenvalue weighted by Gasteiger charge is -2.29. The predicted molar refractivity (Wildman–Crippen MR) is 113 cm³/mol. The molecular formula is C24H20ClF5N2O2. The van der Waals surface area contributed by atoms with Crippen molar-refractivity contribution >= 4 is 23.4 Å². The molecule has 0 bridgehead atoms. The Morgan fingerprint density at radius 2 is 1.79 bits per heavy atom. The van der Waals surface area contributed by atoms with E-state index in [1.807, 2.05) is 0 Å². The van der Waals surface area contributed by atoms with E-state index < -0.39 is 47.3 Å². The van der Waals surface area contributed by atoms with E-state index in [4.69, 9.17) is 11.6 Å². The van der Waals surface area contributed by atoms with Gasteiger partial charge in [0.1, 0.15) is 17.7 Å². The molecule has 5 rings (SSSR count). The van der Waals surface area contributed by atoms with Gasteiger partial charge in [-0.15, -0.1) is 0 Å². The molecule has 3 fully saturated rings. The van der Waals surface area contributed by atoms with Crippen molar-refractivity contribution < 1.29 is 31.5 Å². The second-order valence-electron chi connectivity index (χ2n) is 9.22. The van der Waals surface area contributed by atoms with Crippen LogP contribution >= 0.6 is 11.6 Å². The van der Waals surface area contributed by atoms with Gasteiger partial charge in [-0.25, -0.2) is 8.78 Å². The summed E-state index contributed by atoms with van der Waals surface area (Å²) < 4.78 is 67.9. The Morgan fingerprint density at radius 3 is 2.47 bits per heavy atom. The van der Waals surface area contributed by atoms with E-state index in [1.54, 1.807) is 0 Å². The number of piperidine rings is 1. The molecule has 10 heteroatoms. The molecule has 0 spiro atoms. The number of nitrogens with zero attached hydrogens (tertiary/aromatic N) is 1. The zero-order valence-corrected chi connectivity index (χ0v) is 18.5. The molecule has 34 heavy (non-hydrogen) atoms. The minimum absolute atomic E-state index is 0.0170. The van der Waals surface area contributed by atoms with Gasteiger partial charge < -0.3 is 10.2 Å². The second kappa shape index (κ2) is 8.22. The minimum Gasteiger partial charge on any atom is -0.347 e. The van der Waals surface area contributed by atoms with Crippen molar-refractivity contribution in [1.82, 2.24) is 10.2 Å². The van der Waals surface area contributed by atoms with E-state index >= 15 is 0 Å². The third kappa shape index (κ3) is 4.26. The zero-order chi connectivity index (χ0) is 24.4. The van der Waals surface area contributed by atoms with Crippen molar-refractivity contribution in [2.24, 2.45) is 11.8 Å². The maximum absolute atomic E-state index is 14.6. The van der Waals surface area contributed by atoms with Gasteiger partial charge in [-0.1, -0.05) is 17.7 Å². The van der Waals surface area contributed by atoms with Crippen LogP contribution in [0.2, 0.25) is 5.02 Å². The molecule has 4 atom stereocenters. The van der Waals surface area contributed by atoms with E-state index in [0.29, 0.717) is 12.8 Å². The zero-order valence-electron chi connectivity index (χ0n) is 17.7. The lowest BCUT2D eigenvalue weighted by atomic mass is 10.00. The summed E-state index contributed by atoms with van der Waals surface area (Å²) in [7, 11) is 0. The van der Waals surface area contributed by atoms with Gasteiger partial charge in [0.15, 0.2) is 0 Å². The Morgan fingerprint density at radius 1 is 1.06 bits per heavy atom. The van der Waals surface area contributed by atoms with Crippen LogP contribution in [0, 0.1) is 23.5 Å². The molecule has 1 unspecified atom stereocenters. The molecule has 0 aromatic heterocycles. The molecule has 2 aromatic carbocycles. The fourth-order valence-corrected chi connectivity index (χ4v) is 5.02. The highest BCUT2D eigenvalue weighted by Gasteiger charge is 2.56. The highest BCUT2D eigenvalue weighted by molar-refractivity contribution is 6.30. The fraction of sp³-hybridized carbons (Fsp3) is 0.417. The van der Waals surface area contributed by atoms with Gasteiger partial charge in [-0.3, -0.25) is 9.59 Å². The number of halogens is 6. The number of hydrogen-bond donors (Lipinski definition) is 1. The Labute approximate surface area is 197 Å². The van der Waals surface area contributed by atoms with Gasteiger partial charge in [0.25, 0.3) is 5.91 Å². The maximum atomic E-state index is 14.6. The van der Waals surface area contributed by atoms with Crippen molar-refractivity contribution in [1.29, 1.82) is 0 Å². The van der Waals surface area contributed by atoms with Crippen molar-refractivity contribution in [3.63, 3.8) is 0 Å². The standard InChI is InChI=1S/C24H20ClF5N2O2/c25-16-10-17(26)15(9-18(16)27)21(11-4-5-11)31-22(33)20-8-13-7-19(13)32(20)23(34)12-2-1-3-14(6-12)24(28,29)30/h1-3,6,9-11,13,19-21H,4-5,7-8H2,(H,31,33)/t13-,19-,20-,21?/m1/s1. The first kappa shape index (κ1) is 23.1. The van der Waals surface area contributed by atoms with E-state index in [-0.39, 0.29) is 34.0 Å². The number of carbonyl (C=O) groups excluding carboxylic acids is 2. The molecule has 0 radical (unpaired) electrons. The summed E-state index contributed by atoms with van der Waals surface area (Å²) in [5.74, 6) is -2.71. The van der Waals surface area contributed by atoms with Crippen molar-refractivity contribution in [3.8, 4) is 0 Å². The van der Waals surface area contributed by atoms with Gasteiger partial charge in [-0.2, -0.15) is 13.2 Å². The number of nitrogens with one attached hydrogen (secondary N) is 1. The van der Waals surface area contributed by atoms with Gasteiger partial charge in [0.2, 0.25) is 5.91 Å². The van der Waals surface area contributed by atoms with Crippen molar-refractivity contribution in [3.05, 3.63) is 69.7 Å². The van der Waals surface area contributed by atoms with E-state index in [0.717, 1.165) is 43.2 Å². The average molecular weight is 499 g/mol. The molecule has 2 aliphatic carbocycles. The van der Waals surface area contributed by atoms with Gasteiger partial charge in [0, 0.05) is 17.2 Å². The fourth-order valence-electron chi connectivity index (χ4n) is 4.87. The molecule has 2 aromatic rings. The minimum atomic E-state index is -4.60. The first-order valence-corrected chi connectivity index (χ1v) is 11.4. The summed E-state index contributed by atoms with van der Waals surface area (Å²) in [5.41, 5.74) is -1.11. The van der Waals surface area contributed by atoms with Crippen molar-refractivity contribution in [2.45, 2.75) is 50.0 Å². The van der Waals surface area contributed by atoms with Crippen LogP contribution in [0.25, 0.3) is 0 Å². The number of rotatable bonds is 5. The number of amides is 2. The summed E-state index contributed by atoms with van der Waals surface area (Å²) in [4.78, 5) is 27.8. The van der Waals surface area contributed by atoms with Crippen LogP contribution in [0.1, 0.15) is 53.2 Å². The number of hydrogen-bond acceptors (Lipinski definition) is 2. The summed E-state index contributed by atoms with van der Waals surface area (Å²) in [5, 5.41) is 2.41. The molecule has 1 heterocycles. The molecular weight excluding hydrogens is 479 g/mol. The van der Waals surface area contributed by atoms with Crippen LogP contribution in [0.15, 0.2) is 36.4 Å². The summed E-state index contributed by atoms with van der Waals surface area (Å²) in [6.07, 6.45) is -2.11. The van der Waals surface area contributed by atoms with Crippen LogP contribution in [0.5, 0.6) is 0 Å². The maximum Gasteiger partial charge on any atom is 0.416 e. The van der Waals surface area contributed by atoms with E-state index in [1.165, 1.54) is 11.0 Å². The molecule has 2 saturated carbocycles. The number of alkyl halides is 3. The molecule has 2 amide bonds. The molecule has 1 N–H and O–H groups in total. The lowest BCUT2D eigenvalue weighted by Crippen LogP contribution is -2.49. The van der Waals surface area contributed by atoms with Gasteiger partial charge >= 0.3 is 6.18 Å². The highest BCUT2D eigenvalue weighted by atomic mass is 35.5. The van der Waals surface area contributed by atoms with Crippen LogP contribution in [0.3, 0.4) is 0 Å². The topological polar surface area (TPSA) is 49.4 Å². The summed E-state index contributed by atoms with van der Waals surface area (Å²) in [6.45, 7) is 0. The molecule has 4 nitrogen and oxygen atoms in total. The van der Waals surface area contributed by atoms with Crippen LogP contribution in [-0.2, 0) is 11.0 Å². The quantitative estimate of drug-likeness (QED) is 0.437. The number of likely N-dealkylation sites (tertiary alicyclic amines) is 1. The third-order valence-corrected chi connectivity index (χ3v) is 7.13. The molecule has 180 valence electrons. The Hall–Kier alpha value is -2.68. The van der Waals surface area contributed by atoms with Gasteiger partial charge in [0.05, 0.1) is 16.6 Å². The van der Waals surface area contributed by atoms with Crippen LogP contribution in [0.4, 0.5) is 22.0 Å². The molecule has 1 aliphatic heterocycles. The third-order valence-electron chi connectivity index (χ3n) is 6.84. The first-order chi connectivity index (χ1) is 16.0. The largest absolute Gasteiger partial charge is 0.416 e.